The van der Waals surface area contributed by atoms with Crippen LogP contribution in [0, 0.1) is 0 Å². The summed E-state index contributed by atoms with van der Waals surface area (Å²) in [6, 6.07) is 10.3. The normalized spacial score (nSPS) is 16.2. The molecule has 1 unspecified atom stereocenters. The Bertz CT molecular complexity index is 758. The van der Waals surface area contributed by atoms with Crippen molar-refractivity contribution in [3.8, 4) is 0 Å². The van der Waals surface area contributed by atoms with Gasteiger partial charge in [-0.2, -0.15) is 4.37 Å². The highest BCUT2D eigenvalue weighted by Crippen LogP contribution is 2.19. The van der Waals surface area contributed by atoms with Crippen molar-refractivity contribution in [2.75, 3.05) is 51.3 Å². The lowest BCUT2D eigenvalue weighted by Crippen LogP contribution is -2.52. The number of guanidine groups is 1. The van der Waals surface area contributed by atoms with Crippen LogP contribution in [0.1, 0.15) is 37.8 Å². The zero-order valence-electron chi connectivity index (χ0n) is 17.7. The Morgan fingerprint density at radius 3 is 2.66 bits per heavy atom. The number of aliphatic imine (C=N–C) groups is 1. The van der Waals surface area contributed by atoms with Gasteiger partial charge in [-0.15, -0.1) is 0 Å². The van der Waals surface area contributed by atoms with Crippen molar-refractivity contribution < 1.29 is 4.74 Å². The molecule has 2 aromatic rings. The van der Waals surface area contributed by atoms with Crippen molar-refractivity contribution >= 4 is 22.6 Å². The van der Waals surface area contributed by atoms with Crippen LogP contribution >= 0.6 is 11.5 Å². The number of ether oxygens (including phenoxy) is 1. The Kier molecular flexibility index (Phi) is 8.25. The van der Waals surface area contributed by atoms with Gasteiger partial charge in [-0.25, -0.2) is 4.98 Å². The molecule has 3 rings (SSSR count). The Balaban J connectivity index is 1.35. The summed E-state index contributed by atoms with van der Waals surface area (Å²) in [6.07, 6.45) is 1.96. The molecule has 0 spiro atoms. The van der Waals surface area contributed by atoms with E-state index in [1.54, 1.807) is 0 Å². The standard InChI is InChI=1S/C21H32N6OS/c1-4-19-24-21(29-25-19)27-14-12-26(13-15-27)20(22-3)23-11-8-16-28-17(2)18-9-6-5-7-10-18/h5-7,9-10,17H,4,8,11-16H2,1-3H3,(H,22,23). The molecular weight excluding hydrogens is 384 g/mol. The topological polar surface area (TPSA) is 65.9 Å². The van der Waals surface area contributed by atoms with Crippen molar-refractivity contribution in [3.05, 3.63) is 41.7 Å². The monoisotopic (exact) mass is 416 g/mol. The Morgan fingerprint density at radius 2 is 2.00 bits per heavy atom. The fourth-order valence-electron chi connectivity index (χ4n) is 3.31. The summed E-state index contributed by atoms with van der Waals surface area (Å²) in [5, 5.41) is 4.51. The van der Waals surface area contributed by atoms with E-state index < -0.39 is 0 Å². The number of hydrogen-bond donors (Lipinski definition) is 1. The first-order chi connectivity index (χ1) is 14.2. The first-order valence-corrected chi connectivity index (χ1v) is 11.2. The molecule has 1 aromatic heterocycles. The molecule has 1 aromatic carbocycles. The van der Waals surface area contributed by atoms with E-state index in [1.165, 1.54) is 17.1 Å². The average Bonchev–Trinajstić information content (AvgIpc) is 3.26. The molecule has 158 valence electrons. The molecule has 0 radical (unpaired) electrons. The summed E-state index contributed by atoms with van der Waals surface area (Å²) in [7, 11) is 1.85. The highest BCUT2D eigenvalue weighted by molar-refractivity contribution is 7.09. The molecule has 0 aliphatic carbocycles. The van der Waals surface area contributed by atoms with Crippen molar-refractivity contribution in [2.24, 2.45) is 4.99 Å². The minimum Gasteiger partial charge on any atom is -0.374 e. The van der Waals surface area contributed by atoms with Crippen LogP contribution in [-0.2, 0) is 11.2 Å². The summed E-state index contributed by atoms with van der Waals surface area (Å²) >= 11 is 1.50. The van der Waals surface area contributed by atoms with Gasteiger partial charge in [0.2, 0.25) is 5.13 Å². The first kappa shape index (κ1) is 21.5. The summed E-state index contributed by atoms with van der Waals surface area (Å²) in [5.41, 5.74) is 1.22. The lowest BCUT2D eigenvalue weighted by atomic mass is 10.1. The number of nitrogens with one attached hydrogen (secondary N) is 1. The Labute approximate surface area is 178 Å². The van der Waals surface area contributed by atoms with Gasteiger partial charge in [0.05, 0.1) is 6.10 Å². The van der Waals surface area contributed by atoms with Gasteiger partial charge in [-0.1, -0.05) is 37.3 Å². The van der Waals surface area contributed by atoms with E-state index in [0.717, 1.165) is 69.1 Å². The predicted octanol–water partition coefficient (Wildman–Crippen LogP) is 2.97. The molecule has 0 bridgehead atoms. The molecule has 1 fully saturated rings. The molecule has 2 heterocycles. The van der Waals surface area contributed by atoms with Crippen LogP contribution in [0.2, 0.25) is 0 Å². The van der Waals surface area contributed by atoms with E-state index in [1.807, 2.05) is 25.2 Å². The summed E-state index contributed by atoms with van der Waals surface area (Å²) < 4.78 is 10.3. The number of nitrogens with zero attached hydrogens (tertiary/aromatic N) is 5. The second-order valence-electron chi connectivity index (χ2n) is 7.07. The largest absolute Gasteiger partial charge is 0.374 e. The van der Waals surface area contributed by atoms with Gasteiger partial charge in [-0.05, 0) is 18.9 Å². The average molecular weight is 417 g/mol. The number of benzene rings is 1. The van der Waals surface area contributed by atoms with Gasteiger partial charge in [0.25, 0.3) is 0 Å². The van der Waals surface area contributed by atoms with Crippen LogP contribution in [0.4, 0.5) is 5.13 Å². The van der Waals surface area contributed by atoms with Crippen LogP contribution in [0.15, 0.2) is 35.3 Å². The van der Waals surface area contributed by atoms with Gasteiger partial charge in [-0.3, -0.25) is 4.99 Å². The van der Waals surface area contributed by atoms with Crippen molar-refractivity contribution in [2.45, 2.75) is 32.8 Å². The van der Waals surface area contributed by atoms with Crippen LogP contribution < -0.4 is 10.2 Å². The maximum Gasteiger partial charge on any atom is 0.205 e. The van der Waals surface area contributed by atoms with E-state index >= 15 is 0 Å². The van der Waals surface area contributed by atoms with Crippen molar-refractivity contribution in [3.63, 3.8) is 0 Å². The van der Waals surface area contributed by atoms with Crippen LogP contribution in [-0.4, -0.2) is 66.6 Å². The number of anilines is 1. The maximum absolute atomic E-state index is 5.95. The van der Waals surface area contributed by atoms with Crippen LogP contribution in [0.5, 0.6) is 0 Å². The second kappa shape index (κ2) is 11.1. The van der Waals surface area contributed by atoms with Crippen LogP contribution in [0.25, 0.3) is 0 Å². The van der Waals surface area contributed by atoms with Gasteiger partial charge >= 0.3 is 0 Å². The summed E-state index contributed by atoms with van der Waals surface area (Å²) in [4.78, 5) is 13.7. The number of aromatic nitrogens is 2. The number of hydrogen-bond acceptors (Lipinski definition) is 6. The molecule has 29 heavy (non-hydrogen) atoms. The third kappa shape index (κ3) is 6.14. The second-order valence-corrected chi connectivity index (χ2v) is 7.80. The zero-order valence-corrected chi connectivity index (χ0v) is 18.5. The van der Waals surface area contributed by atoms with E-state index in [-0.39, 0.29) is 6.10 Å². The van der Waals surface area contributed by atoms with Gasteiger partial charge in [0.15, 0.2) is 5.96 Å². The maximum atomic E-state index is 5.95. The molecule has 1 atom stereocenters. The fourth-order valence-corrected chi connectivity index (χ4v) is 4.11. The van der Waals surface area contributed by atoms with Crippen molar-refractivity contribution in [1.82, 2.24) is 19.6 Å². The minimum atomic E-state index is 0.122. The Morgan fingerprint density at radius 1 is 1.24 bits per heavy atom. The quantitative estimate of drug-likeness (QED) is 0.405. The summed E-state index contributed by atoms with van der Waals surface area (Å²) in [6.45, 7) is 9.52. The number of piperazine rings is 1. The lowest BCUT2D eigenvalue weighted by Gasteiger charge is -2.36. The molecule has 1 aliphatic heterocycles. The third-order valence-electron chi connectivity index (χ3n) is 5.08. The predicted molar refractivity (Wildman–Crippen MR) is 120 cm³/mol. The first-order valence-electron chi connectivity index (χ1n) is 10.4. The number of aryl methyl sites for hydroxylation is 1. The van der Waals surface area contributed by atoms with Gasteiger partial charge < -0.3 is 19.9 Å². The van der Waals surface area contributed by atoms with E-state index in [0.29, 0.717) is 0 Å². The van der Waals surface area contributed by atoms with Gasteiger partial charge in [0.1, 0.15) is 5.82 Å². The molecule has 8 heteroatoms. The number of rotatable bonds is 8. The smallest absolute Gasteiger partial charge is 0.205 e. The minimum absolute atomic E-state index is 0.122. The zero-order chi connectivity index (χ0) is 20.5. The molecular formula is C21H32N6OS. The summed E-state index contributed by atoms with van der Waals surface area (Å²) in [5.74, 6) is 1.90. The van der Waals surface area contributed by atoms with E-state index in [9.17, 15) is 0 Å². The SMILES string of the molecule is CCc1nsc(N2CCN(C(=NC)NCCCOC(C)c3ccccc3)CC2)n1. The molecule has 1 N–H and O–H groups in total. The van der Waals surface area contributed by atoms with Crippen molar-refractivity contribution in [1.29, 1.82) is 0 Å². The highest BCUT2D eigenvalue weighted by Gasteiger charge is 2.21. The molecule has 0 saturated carbocycles. The molecule has 7 nitrogen and oxygen atoms in total. The Hall–Kier alpha value is -2.19. The van der Waals surface area contributed by atoms with Crippen LogP contribution in [0.3, 0.4) is 0 Å². The highest BCUT2D eigenvalue weighted by atomic mass is 32.1. The fraction of sp³-hybridized carbons (Fsp3) is 0.571. The van der Waals surface area contributed by atoms with Gasteiger partial charge in [0, 0.05) is 64.3 Å². The molecule has 1 saturated heterocycles. The lowest BCUT2D eigenvalue weighted by molar-refractivity contribution is 0.0645. The molecule has 0 amide bonds. The van der Waals surface area contributed by atoms with E-state index in [4.69, 9.17) is 4.74 Å². The van der Waals surface area contributed by atoms with E-state index in [2.05, 4.69) is 55.4 Å². The molecule has 1 aliphatic rings. The third-order valence-corrected chi connectivity index (χ3v) is 5.89.